The summed E-state index contributed by atoms with van der Waals surface area (Å²) < 4.78 is 1.16. The van der Waals surface area contributed by atoms with Crippen LogP contribution in [-0.4, -0.2) is 28.7 Å². The van der Waals surface area contributed by atoms with Crippen molar-refractivity contribution in [3.63, 3.8) is 0 Å². The first-order chi connectivity index (χ1) is 7.66. The summed E-state index contributed by atoms with van der Waals surface area (Å²) >= 11 is 8.62. The molecule has 1 saturated heterocycles. The lowest BCUT2D eigenvalue weighted by Gasteiger charge is -2.29. The van der Waals surface area contributed by atoms with Gasteiger partial charge >= 0.3 is 0 Å². The van der Waals surface area contributed by atoms with Gasteiger partial charge in [0, 0.05) is 18.0 Å². The summed E-state index contributed by atoms with van der Waals surface area (Å²) in [4.78, 5) is 15.2. The second-order valence-corrected chi connectivity index (χ2v) is 7.54. The van der Waals surface area contributed by atoms with Crippen molar-refractivity contribution in [2.45, 2.75) is 24.1 Å². The number of carbonyl (C=O) groups is 1. The highest BCUT2D eigenvalue weighted by molar-refractivity contribution is 9.11. The number of hydrogen-bond donors (Lipinski definition) is 0. The average Bonchev–Trinajstić information content (AvgIpc) is 2.67. The Kier molecular flexibility index (Phi) is 4.44. The molecule has 16 heavy (non-hydrogen) atoms. The normalized spacial score (nSPS) is 21.5. The monoisotopic (exact) mass is 365 g/mol. The molecular weight excluding hydrogens is 354 g/mol. The maximum atomic E-state index is 11.8. The van der Waals surface area contributed by atoms with Gasteiger partial charge in [0.15, 0.2) is 0 Å². The van der Waals surface area contributed by atoms with Gasteiger partial charge in [-0.3, -0.25) is 4.79 Å². The number of carbonyl (C=O) groups excluding carboxylic acids is 1. The first-order valence-corrected chi connectivity index (χ1v) is 7.86. The van der Waals surface area contributed by atoms with Gasteiger partial charge in [-0.05, 0) is 47.3 Å². The SMILES string of the molecule is O=C1C(Br)CCCN1CCc1ccc(Br)s1. The van der Waals surface area contributed by atoms with Gasteiger partial charge in [0.25, 0.3) is 0 Å². The van der Waals surface area contributed by atoms with Gasteiger partial charge in [-0.25, -0.2) is 0 Å². The molecule has 1 aromatic heterocycles. The van der Waals surface area contributed by atoms with Crippen LogP contribution in [-0.2, 0) is 11.2 Å². The first kappa shape index (κ1) is 12.6. The van der Waals surface area contributed by atoms with E-state index in [1.54, 1.807) is 11.3 Å². The molecule has 0 radical (unpaired) electrons. The molecule has 0 aliphatic carbocycles. The molecule has 2 rings (SSSR count). The Balaban J connectivity index is 1.87. The lowest BCUT2D eigenvalue weighted by atomic mass is 10.1. The Hall–Kier alpha value is 0.130. The Morgan fingerprint density at radius 3 is 3.00 bits per heavy atom. The van der Waals surface area contributed by atoms with Crippen LogP contribution in [0.1, 0.15) is 17.7 Å². The highest BCUT2D eigenvalue weighted by atomic mass is 79.9. The van der Waals surface area contributed by atoms with Crippen LogP contribution in [0.3, 0.4) is 0 Å². The molecule has 0 aromatic carbocycles. The summed E-state index contributed by atoms with van der Waals surface area (Å²) in [6.07, 6.45) is 3.04. The molecule has 0 spiro atoms. The molecule has 1 unspecified atom stereocenters. The number of hydrogen-bond acceptors (Lipinski definition) is 2. The zero-order valence-electron chi connectivity index (χ0n) is 8.79. The van der Waals surface area contributed by atoms with E-state index in [0.717, 1.165) is 36.1 Å². The minimum Gasteiger partial charge on any atom is -0.341 e. The highest BCUT2D eigenvalue weighted by Gasteiger charge is 2.25. The zero-order valence-corrected chi connectivity index (χ0v) is 12.8. The van der Waals surface area contributed by atoms with Crippen molar-refractivity contribution in [2.24, 2.45) is 0 Å². The van der Waals surface area contributed by atoms with E-state index in [2.05, 4.69) is 44.0 Å². The largest absolute Gasteiger partial charge is 0.341 e. The van der Waals surface area contributed by atoms with Crippen molar-refractivity contribution < 1.29 is 4.79 Å². The molecule has 0 saturated carbocycles. The van der Waals surface area contributed by atoms with Crippen LogP contribution in [0.2, 0.25) is 0 Å². The van der Waals surface area contributed by atoms with Crippen LogP contribution in [0.4, 0.5) is 0 Å². The van der Waals surface area contributed by atoms with Gasteiger partial charge in [0.1, 0.15) is 0 Å². The van der Waals surface area contributed by atoms with Crippen molar-refractivity contribution in [2.75, 3.05) is 13.1 Å². The summed E-state index contributed by atoms with van der Waals surface area (Å²) in [5, 5.41) is 0. The fraction of sp³-hybridized carbons (Fsp3) is 0.545. The lowest BCUT2D eigenvalue weighted by Crippen LogP contribution is -2.42. The Bertz CT molecular complexity index is 380. The maximum Gasteiger partial charge on any atom is 0.236 e. The zero-order chi connectivity index (χ0) is 11.5. The van der Waals surface area contributed by atoms with Crippen LogP contribution in [0, 0.1) is 0 Å². The van der Waals surface area contributed by atoms with E-state index in [4.69, 9.17) is 0 Å². The third-order valence-corrected chi connectivity index (χ3v) is 5.26. The van der Waals surface area contributed by atoms with E-state index in [1.165, 1.54) is 4.88 Å². The van der Waals surface area contributed by atoms with E-state index < -0.39 is 0 Å². The van der Waals surface area contributed by atoms with Crippen LogP contribution in [0.15, 0.2) is 15.9 Å². The fourth-order valence-electron chi connectivity index (χ4n) is 1.85. The molecule has 1 atom stereocenters. The molecule has 1 amide bonds. The second kappa shape index (κ2) is 5.65. The molecule has 1 aliphatic rings. The topological polar surface area (TPSA) is 20.3 Å². The average molecular weight is 367 g/mol. The Labute approximate surface area is 116 Å². The number of piperidine rings is 1. The van der Waals surface area contributed by atoms with Crippen molar-refractivity contribution in [1.29, 1.82) is 0 Å². The predicted octanol–water partition coefficient (Wildman–Crippen LogP) is 3.44. The number of nitrogens with zero attached hydrogens (tertiary/aromatic N) is 1. The number of halogens is 2. The number of rotatable bonds is 3. The molecular formula is C11H13Br2NOS. The van der Waals surface area contributed by atoms with E-state index in [-0.39, 0.29) is 10.7 Å². The molecule has 1 fully saturated rings. The summed E-state index contributed by atoms with van der Waals surface area (Å²) in [7, 11) is 0. The van der Waals surface area contributed by atoms with E-state index in [0.29, 0.717) is 0 Å². The van der Waals surface area contributed by atoms with Gasteiger partial charge < -0.3 is 4.90 Å². The molecule has 2 nitrogen and oxygen atoms in total. The Morgan fingerprint density at radius 2 is 2.31 bits per heavy atom. The van der Waals surface area contributed by atoms with Crippen LogP contribution in [0.25, 0.3) is 0 Å². The molecule has 2 heterocycles. The predicted molar refractivity (Wildman–Crippen MR) is 74.3 cm³/mol. The van der Waals surface area contributed by atoms with Gasteiger partial charge in [-0.1, -0.05) is 15.9 Å². The molecule has 1 aliphatic heterocycles. The molecule has 0 N–H and O–H groups in total. The van der Waals surface area contributed by atoms with E-state index >= 15 is 0 Å². The highest BCUT2D eigenvalue weighted by Crippen LogP contribution is 2.23. The lowest BCUT2D eigenvalue weighted by molar-refractivity contribution is -0.132. The Morgan fingerprint density at radius 1 is 1.50 bits per heavy atom. The molecule has 0 bridgehead atoms. The first-order valence-electron chi connectivity index (χ1n) is 5.34. The van der Waals surface area contributed by atoms with E-state index in [9.17, 15) is 4.79 Å². The number of likely N-dealkylation sites (tertiary alicyclic amines) is 1. The van der Waals surface area contributed by atoms with Crippen molar-refractivity contribution in [3.8, 4) is 0 Å². The molecule has 5 heteroatoms. The third kappa shape index (κ3) is 3.08. The maximum absolute atomic E-state index is 11.8. The quantitative estimate of drug-likeness (QED) is 0.750. The van der Waals surface area contributed by atoms with Gasteiger partial charge in [0.05, 0.1) is 8.61 Å². The number of amides is 1. The van der Waals surface area contributed by atoms with Crippen molar-refractivity contribution >= 4 is 49.1 Å². The summed E-state index contributed by atoms with van der Waals surface area (Å²) in [6, 6.07) is 4.18. The smallest absolute Gasteiger partial charge is 0.236 e. The number of thiophene rings is 1. The van der Waals surface area contributed by atoms with Crippen LogP contribution >= 0.6 is 43.2 Å². The van der Waals surface area contributed by atoms with Gasteiger partial charge in [-0.15, -0.1) is 11.3 Å². The minimum absolute atomic E-state index is 0.0383. The summed E-state index contributed by atoms with van der Waals surface area (Å²) in [6.45, 7) is 1.75. The van der Waals surface area contributed by atoms with Crippen LogP contribution in [0.5, 0.6) is 0 Å². The second-order valence-electron chi connectivity index (χ2n) is 3.89. The molecule has 1 aromatic rings. The third-order valence-electron chi connectivity index (χ3n) is 2.72. The van der Waals surface area contributed by atoms with E-state index in [1.807, 2.05) is 4.90 Å². The minimum atomic E-state index is 0.0383. The standard InChI is InChI=1S/C11H13Br2NOS/c12-9-2-1-6-14(11(9)15)7-5-8-3-4-10(13)16-8/h3-4,9H,1-2,5-7H2. The summed E-state index contributed by atoms with van der Waals surface area (Å²) in [5.74, 6) is 0.252. The summed E-state index contributed by atoms with van der Waals surface area (Å²) in [5.41, 5.74) is 0. The van der Waals surface area contributed by atoms with Gasteiger partial charge in [0.2, 0.25) is 5.91 Å². The van der Waals surface area contributed by atoms with Crippen molar-refractivity contribution in [1.82, 2.24) is 4.90 Å². The van der Waals surface area contributed by atoms with Crippen LogP contribution < -0.4 is 0 Å². The van der Waals surface area contributed by atoms with Gasteiger partial charge in [-0.2, -0.15) is 0 Å². The molecule has 88 valence electrons. The fourth-order valence-corrected chi connectivity index (χ4v) is 3.93. The van der Waals surface area contributed by atoms with Crippen molar-refractivity contribution in [3.05, 3.63) is 20.8 Å². The number of alkyl halides is 1.